The third-order valence-corrected chi connectivity index (χ3v) is 11.5. The number of unbranched alkanes of at least 4 members (excludes halogenated alkanes) is 4. The molecule has 0 fully saturated rings. The van der Waals surface area contributed by atoms with Crippen LogP contribution in [0.2, 0.25) is 5.02 Å². The molecule has 0 amide bonds. The fourth-order valence-electron chi connectivity index (χ4n) is 8.29. The molecule has 11 nitrogen and oxygen atoms in total. The van der Waals surface area contributed by atoms with E-state index in [9.17, 15) is 19.8 Å². The number of ether oxygens (including phenoxy) is 5. The van der Waals surface area contributed by atoms with Crippen LogP contribution in [0.15, 0.2) is 133 Å². The Bertz CT molecular complexity index is 2850. The van der Waals surface area contributed by atoms with Crippen molar-refractivity contribution in [3.8, 4) is 28.7 Å². The van der Waals surface area contributed by atoms with Crippen LogP contribution in [-0.2, 0) is 9.59 Å². The van der Waals surface area contributed by atoms with Gasteiger partial charge in [0.2, 0.25) is 0 Å². The molecule has 2 heterocycles. The van der Waals surface area contributed by atoms with Gasteiger partial charge in [0.1, 0.15) is 17.2 Å². The van der Waals surface area contributed by atoms with E-state index in [1.54, 1.807) is 28.4 Å². The number of para-hydroxylation sites is 4. The van der Waals surface area contributed by atoms with Crippen molar-refractivity contribution in [2.45, 2.75) is 50.6 Å². The Morgan fingerprint density at radius 1 is 0.476 bits per heavy atom. The zero-order valence-corrected chi connectivity index (χ0v) is 35.7. The second-order valence-electron chi connectivity index (χ2n) is 15.3. The summed E-state index contributed by atoms with van der Waals surface area (Å²) in [6.07, 6.45) is 4.96. The summed E-state index contributed by atoms with van der Waals surface area (Å²) in [5, 5.41) is 26.2. The fraction of sp³-hybridized carbons (Fsp3) is 0.255. The molecule has 0 aliphatic rings. The molecular weight excluding hydrogens is 820 g/mol. The predicted molar refractivity (Wildman–Crippen MR) is 246 cm³/mol. The average Bonchev–Trinajstić information content (AvgIpc) is 3.79. The molecule has 0 aliphatic carbocycles. The van der Waals surface area contributed by atoms with E-state index in [-0.39, 0.29) is 0 Å². The highest BCUT2D eigenvalue weighted by Crippen LogP contribution is 2.42. The van der Waals surface area contributed by atoms with Gasteiger partial charge in [-0.1, -0.05) is 60.1 Å². The number of carboxylic acids is 2. The Kier molecular flexibility index (Phi) is 13.5. The molecule has 2 atom stereocenters. The number of benzene rings is 6. The van der Waals surface area contributed by atoms with Crippen molar-refractivity contribution in [2.75, 3.05) is 33.5 Å². The highest BCUT2D eigenvalue weighted by molar-refractivity contribution is 6.30. The van der Waals surface area contributed by atoms with Gasteiger partial charge in [-0.25, -0.2) is 9.59 Å². The Labute approximate surface area is 369 Å². The van der Waals surface area contributed by atoms with Gasteiger partial charge >= 0.3 is 11.9 Å². The highest BCUT2D eigenvalue weighted by atomic mass is 35.5. The van der Waals surface area contributed by atoms with Gasteiger partial charge in [-0.05, 0) is 111 Å². The smallest absolute Gasteiger partial charge is 0.329 e. The molecule has 2 aromatic heterocycles. The lowest BCUT2D eigenvalue weighted by Gasteiger charge is -2.26. The van der Waals surface area contributed by atoms with Crippen LogP contribution in [0, 0.1) is 0 Å². The molecule has 0 radical (unpaired) electrons. The summed E-state index contributed by atoms with van der Waals surface area (Å²) in [6, 6.07) is 37.9. The standard InChI is InChI=1S/C51H49ClN2O9/c1-59-46-18-8-9-19-47(46)63-31-13-3-12-30-62-37-25-27-41-39-15-5-7-17-43(39)54(45(41)33-37)49(51(57)58)48(50(55)56)53-42-16-6-4-14-38(42)40-26-24-36(32-44(40)53)61-29-11-2-10-28-60-35-22-20-34(52)21-23-35/h4-9,14-27,32-33,48-49H,2-3,10-13,28-31H2,1H3,(H,55,56)(H,57,58). The van der Waals surface area contributed by atoms with Crippen LogP contribution < -0.4 is 23.7 Å². The quantitative estimate of drug-likeness (QED) is 0.0639. The SMILES string of the molecule is COc1ccccc1OCCCCCOc1ccc2c3ccccc3n(C(C(=O)O)C(C(=O)O)n3c4ccccc4c4ccc(OCCCCCOc5ccc(Cl)cc5)cc43)c2c1. The highest BCUT2D eigenvalue weighted by Gasteiger charge is 2.40. The van der Waals surface area contributed by atoms with Crippen molar-refractivity contribution in [2.24, 2.45) is 0 Å². The first-order valence-electron chi connectivity index (χ1n) is 21.2. The molecule has 2 N–H and O–H groups in total. The van der Waals surface area contributed by atoms with Crippen LogP contribution in [0.4, 0.5) is 0 Å². The Morgan fingerprint density at radius 3 is 1.35 bits per heavy atom. The number of carbonyl (C=O) groups is 2. The summed E-state index contributed by atoms with van der Waals surface area (Å²) >= 11 is 5.97. The van der Waals surface area contributed by atoms with Crippen molar-refractivity contribution in [3.63, 3.8) is 0 Å². The second kappa shape index (κ2) is 19.9. The van der Waals surface area contributed by atoms with Crippen LogP contribution in [0.25, 0.3) is 43.6 Å². The number of fused-ring (bicyclic) bond motifs is 6. The minimum Gasteiger partial charge on any atom is -0.494 e. The number of hydrogen-bond donors (Lipinski definition) is 2. The normalized spacial score (nSPS) is 12.4. The number of hydrogen-bond acceptors (Lipinski definition) is 7. The number of halogens is 1. The first-order chi connectivity index (χ1) is 30.8. The number of methoxy groups -OCH3 is 1. The van der Waals surface area contributed by atoms with Gasteiger partial charge in [-0.2, -0.15) is 0 Å². The monoisotopic (exact) mass is 868 g/mol. The number of rotatable bonds is 22. The molecule has 0 spiro atoms. The predicted octanol–water partition coefficient (Wildman–Crippen LogP) is 11.8. The van der Waals surface area contributed by atoms with E-state index in [1.807, 2.05) is 121 Å². The molecule has 0 aliphatic heterocycles. The van der Waals surface area contributed by atoms with Gasteiger partial charge in [-0.15, -0.1) is 0 Å². The maximum absolute atomic E-state index is 13.7. The zero-order valence-electron chi connectivity index (χ0n) is 35.0. The Hall–Kier alpha value is -6.85. The minimum atomic E-state index is -1.57. The molecule has 324 valence electrons. The number of aliphatic carboxylic acids is 2. The molecule has 6 aromatic carbocycles. The van der Waals surface area contributed by atoms with E-state index in [0.717, 1.165) is 65.8 Å². The summed E-state index contributed by atoms with van der Waals surface area (Å²) in [6.45, 7) is 1.98. The molecule has 0 saturated carbocycles. The Morgan fingerprint density at radius 2 is 0.873 bits per heavy atom. The van der Waals surface area contributed by atoms with Gasteiger partial charge < -0.3 is 43.0 Å². The van der Waals surface area contributed by atoms with Crippen molar-refractivity contribution in [1.29, 1.82) is 0 Å². The molecule has 2 unspecified atom stereocenters. The average molecular weight is 869 g/mol. The molecule has 8 aromatic rings. The van der Waals surface area contributed by atoms with E-state index < -0.39 is 24.0 Å². The van der Waals surface area contributed by atoms with E-state index in [1.165, 1.54) is 0 Å². The van der Waals surface area contributed by atoms with Gasteiger partial charge in [-0.3, -0.25) is 0 Å². The lowest BCUT2D eigenvalue weighted by molar-refractivity contribution is -0.151. The van der Waals surface area contributed by atoms with E-state index in [0.29, 0.717) is 76.5 Å². The third-order valence-electron chi connectivity index (χ3n) is 11.3. The first-order valence-corrected chi connectivity index (χ1v) is 21.6. The van der Waals surface area contributed by atoms with E-state index in [2.05, 4.69) is 0 Å². The topological polar surface area (TPSA) is 131 Å². The lowest BCUT2D eigenvalue weighted by atomic mass is 10.1. The van der Waals surface area contributed by atoms with Crippen molar-refractivity contribution >= 4 is 67.2 Å². The largest absolute Gasteiger partial charge is 0.494 e. The van der Waals surface area contributed by atoms with Crippen molar-refractivity contribution in [1.82, 2.24) is 9.13 Å². The fourth-order valence-corrected chi connectivity index (χ4v) is 8.42. The summed E-state index contributed by atoms with van der Waals surface area (Å²) in [5.74, 6) is 0.710. The van der Waals surface area contributed by atoms with Crippen LogP contribution in [0.1, 0.15) is 50.6 Å². The summed E-state index contributed by atoms with van der Waals surface area (Å²) < 4.78 is 32.8. The van der Waals surface area contributed by atoms with Gasteiger partial charge in [0.25, 0.3) is 0 Å². The van der Waals surface area contributed by atoms with Gasteiger partial charge in [0.15, 0.2) is 23.6 Å². The van der Waals surface area contributed by atoms with Crippen LogP contribution in [0.3, 0.4) is 0 Å². The van der Waals surface area contributed by atoms with Crippen LogP contribution >= 0.6 is 11.6 Å². The van der Waals surface area contributed by atoms with Crippen LogP contribution in [0.5, 0.6) is 28.7 Å². The lowest BCUT2D eigenvalue weighted by Crippen LogP contribution is -2.34. The molecule has 12 heteroatoms. The Balaban J connectivity index is 1.03. The summed E-state index contributed by atoms with van der Waals surface area (Å²) in [7, 11) is 1.62. The maximum atomic E-state index is 13.7. The van der Waals surface area contributed by atoms with Gasteiger partial charge in [0, 0.05) is 38.7 Å². The molecule has 63 heavy (non-hydrogen) atoms. The number of aromatic nitrogens is 2. The molecule has 0 bridgehead atoms. The number of carboxylic acid groups (broad SMARTS) is 2. The molecule has 0 saturated heterocycles. The first kappa shape index (κ1) is 42.8. The molecular formula is C51H49ClN2O9. The van der Waals surface area contributed by atoms with E-state index in [4.69, 9.17) is 35.3 Å². The maximum Gasteiger partial charge on any atom is 0.329 e. The third kappa shape index (κ3) is 9.49. The second-order valence-corrected chi connectivity index (χ2v) is 15.8. The summed E-state index contributed by atoms with van der Waals surface area (Å²) in [4.78, 5) is 27.5. The van der Waals surface area contributed by atoms with Crippen molar-refractivity contribution < 1.29 is 43.5 Å². The summed E-state index contributed by atoms with van der Waals surface area (Å²) in [5.41, 5.74) is 2.31. The minimum absolute atomic E-state index is 0.436. The molecule has 8 rings (SSSR count). The number of nitrogens with zero attached hydrogens (tertiary/aromatic N) is 2. The zero-order chi connectivity index (χ0) is 43.7. The van der Waals surface area contributed by atoms with Crippen molar-refractivity contribution in [3.05, 3.63) is 138 Å². The van der Waals surface area contributed by atoms with Crippen LogP contribution in [-0.4, -0.2) is 64.8 Å². The van der Waals surface area contributed by atoms with Gasteiger partial charge in [0.05, 0.1) is 55.6 Å². The van der Waals surface area contributed by atoms with E-state index >= 15 is 0 Å².